The second-order valence-corrected chi connectivity index (χ2v) is 8.88. The van der Waals surface area contributed by atoms with Crippen LogP contribution in [0, 0.1) is 6.92 Å². The molecule has 3 aromatic carbocycles. The standard InChI is InChI=1S/C28H26N2O7S/c1-15-10-18(7-9-22(15)34-2)26(31)19(11-16-12-23(35-3)27(37-5)24(13-16)36-4)25(28(32)33)17-6-8-20-21(14-17)30-38-29-20/h6-10,12-14H,11H2,1-5H3,(H,32,33)/b25-19-. The Labute approximate surface area is 223 Å². The van der Waals surface area contributed by atoms with E-state index in [0.29, 0.717) is 50.7 Å². The van der Waals surface area contributed by atoms with Gasteiger partial charge in [0.2, 0.25) is 5.75 Å². The van der Waals surface area contributed by atoms with Gasteiger partial charge in [-0.1, -0.05) is 6.07 Å². The molecule has 196 valence electrons. The van der Waals surface area contributed by atoms with Crippen molar-refractivity contribution in [2.75, 3.05) is 28.4 Å². The lowest BCUT2D eigenvalue weighted by molar-refractivity contribution is -0.130. The minimum Gasteiger partial charge on any atom is -0.496 e. The summed E-state index contributed by atoms with van der Waals surface area (Å²) in [5, 5.41) is 10.4. The number of carboxylic acids is 1. The molecule has 1 heterocycles. The minimum atomic E-state index is -1.24. The zero-order valence-corrected chi connectivity index (χ0v) is 22.3. The molecule has 1 aromatic heterocycles. The van der Waals surface area contributed by atoms with Crippen molar-refractivity contribution in [2.45, 2.75) is 13.3 Å². The maximum atomic E-state index is 14.0. The third kappa shape index (κ3) is 5.16. The van der Waals surface area contributed by atoms with E-state index >= 15 is 0 Å². The monoisotopic (exact) mass is 534 g/mol. The number of allylic oxidation sites excluding steroid dienone is 1. The van der Waals surface area contributed by atoms with Crippen LogP contribution in [0.25, 0.3) is 16.6 Å². The molecule has 0 aliphatic carbocycles. The Morgan fingerprint density at radius 2 is 1.42 bits per heavy atom. The number of aromatic nitrogens is 2. The van der Waals surface area contributed by atoms with Gasteiger partial charge in [-0.25, -0.2) is 4.79 Å². The number of Topliss-reactive ketones (excluding diaryl/α,β-unsaturated/α-hetero) is 1. The van der Waals surface area contributed by atoms with Crippen LogP contribution in [0.3, 0.4) is 0 Å². The van der Waals surface area contributed by atoms with Crippen LogP contribution in [0.1, 0.15) is 27.0 Å². The summed E-state index contributed by atoms with van der Waals surface area (Å²) in [6.07, 6.45) is -0.0182. The number of benzene rings is 3. The van der Waals surface area contributed by atoms with Gasteiger partial charge in [-0.2, -0.15) is 8.75 Å². The van der Waals surface area contributed by atoms with Crippen molar-refractivity contribution in [3.8, 4) is 23.0 Å². The zero-order valence-electron chi connectivity index (χ0n) is 21.5. The predicted octanol–water partition coefficient (Wildman–Crippen LogP) is 5.00. The molecule has 0 bridgehead atoms. The van der Waals surface area contributed by atoms with Crippen LogP contribution in [-0.4, -0.2) is 54.0 Å². The fourth-order valence-electron chi connectivity index (χ4n) is 4.28. The number of hydrogen-bond acceptors (Lipinski definition) is 9. The number of nitrogens with zero attached hydrogens (tertiary/aromatic N) is 2. The van der Waals surface area contributed by atoms with Crippen molar-refractivity contribution in [3.05, 3.63) is 76.4 Å². The van der Waals surface area contributed by atoms with Crippen LogP contribution in [0.2, 0.25) is 0 Å². The third-order valence-electron chi connectivity index (χ3n) is 6.09. The maximum Gasteiger partial charge on any atom is 0.336 e. The van der Waals surface area contributed by atoms with E-state index in [1.807, 2.05) is 6.92 Å². The van der Waals surface area contributed by atoms with Gasteiger partial charge in [-0.15, -0.1) is 0 Å². The van der Waals surface area contributed by atoms with Gasteiger partial charge in [0.25, 0.3) is 0 Å². The van der Waals surface area contributed by atoms with E-state index in [4.69, 9.17) is 18.9 Å². The summed E-state index contributed by atoms with van der Waals surface area (Å²) in [5.41, 5.74) is 3.17. The number of fused-ring (bicyclic) bond motifs is 1. The van der Waals surface area contributed by atoms with Crippen molar-refractivity contribution in [1.29, 1.82) is 0 Å². The molecular weight excluding hydrogens is 508 g/mol. The number of ketones is 1. The molecule has 0 unspecified atom stereocenters. The van der Waals surface area contributed by atoms with Gasteiger partial charge in [0, 0.05) is 17.6 Å². The topological polar surface area (TPSA) is 117 Å². The molecule has 10 heteroatoms. The smallest absolute Gasteiger partial charge is 0.336 e. The van der Waals surface area contributed by atoms with Crippen LogP contribution in [0.4, 0.5) is 0 Å². The third-order valence-corrected chi connectivity index (χ3v) is 6.65. The summed E-state index contributed by atoms with van der Waals surface area (Å²) < 4.78 is 30.1. The second kappa shape index (κ2) is 11.3. The molecule has 0 aliphatic rings. The highest BCUT2D eigenvalue weighted by molar-refractivity contribution is 7.00. The van der Waals surface area contributed by atoms with Crippen LogP contribution in [-0.2, 0) is 11.2 Å². The largest absolute Gasteiger partial charge is 0.496 e. The van der Waals surface area contributed by atoms with Crippen LogP contribution in [0.15, 0.2) is 54.1 Å². The summed E-state index contributed by atoms with van der Waals surface area (Å²) in [6, 6.07) is 13.3. The van der Waals surface area contributed by atoms with Gasteiger partial charge >= 0.3 is 5.97 Å². The average molecular weight is 535 g/mol. The maximum absolute atomic E-state index is 14.0. The number of aliphatic carboxylic acids is 1. The average Bonchev–Trinajstić information content (AvgIpc) is 3.39. The Morgan fingerprint density at radius 1 is 0.789 bits per heavy atom. The first kappa shape index (κ1) is 26.6. The van der Waals surface area contributed by atoms with Crippen molar-refractivity contribution in [3.63, 3.8) is 0 Å². The van der Waals surface area contributed by atoms with Gasteiger partial charge in [-0.05, 0) is 66.1 Å². The number of ether oxygens (including phenoxy) is 4. The lowest BCUT2D eigenvalue weighted by Gasteiger charge is -2.17. The Morgan fingerprint density at radius 3 is 2.00 bits per heavy atom. The van der Waals surface area contributed by atoms with Gasteiger partial charge in [0.1, 0.15) is 16.8 Å². The first-order valence-corrected chi connectivity index (χ1v) is 12.2. The van der Waals surface area contributed by atoms with Crippen molar-refractivity contribution in [2.24, 2.45) is 0 Å². The molecular formula is C28H26N2O7S. The summed E-state index contributed by atoms with van der Waals surface area (Å²) >= 11 is 1.03. The molecule has 0 fully saturated rings. The van der Waals surface area contributed by atoms with E-state index in [-0.39, 0.29) is 17.6 Å². The highest BCUT2D eigenvalue weighted by Crippen LogP contribution is 2.39. The molecule has 0 amide bonds. The quantitative estimate of drug-likeness (QED) is 0.222. The second-order valence-electron chi connectivity index (χ2n) is 8.35. The molecule has 38 heavy (non-hydrogen) atoms. The molecule has 4 aromatic rings. The highest BCUT2D eigenvalue weighted by Gasteiger charge is 2.26. The highest BCUT2D eigenvalue weighted by atomic mass is 32.1. The number of rotatable bonds is 10. The van der Waals surface area contributed by atoms with Crippen molar-refractivity contribution < 1.29 is 33.6 Å². The molecule has 1 N–H and O–H groups in total. The number of methoxy groups -OCH3 is 4. The number of hydrogen-bond donors (Lipinski definition) is 1. The Hall–Kier alpha value is -4.44. The summed E-state index contributed by atoms with van der Waals surface area (Å²) in [4.78, 5) is 26.7. The molecule has 9 nitrogen and oxygen atoms in total. The van der Waals surface area contributed by atoms with Crippen molar-refractivity contribution in [1.82, 2.24) is 8.75 Å². The van der Waals surface area contributed by atoms with Gasteiger partial charge in [0.15, 0.2) is 17.3 Å². The first-order chi connectivity index (χ1) is 18.3. The molecule has 0 aliphatic heterocycles. The van der Waals surface area contributed by atoms with E-state index in [2.05, 4.69) is 8.75 Å². The molecule has 4 rings (SSSR count). The Balaban J connectivity index is 1.95. The summed E-state index contributed by atoms with van der Waals surface area (Å²) in [6.45, 7) is 1.82. The molecule has 0 saturated heterocycles. The van der Waals surface area contributed by atoms with E-state index < -0.39 is 11.8 Å². The predicted molar refractivity (Wildman–Crippen MR) is 144 cm³/mol. The van der Waals surface area contributed by atoms with Crippen LogP contribution in [0.5, 0.6) is 23.0 Å². The molecule has 0 atom stereocenters. The fraction of sp³-hybridized carbons (Fsp3) is 0.214. The van der Waals surface area contributed by atoms with Crippen LogP contribution >= 0.6 is 11.7 Å². The van der Waals surface area contributed by atoms with Crippen LogP contribution < -0.4 is 18.9 Å². The Bertz CT molecular complexity index is 1530. The number of aryl methyl sites for hydroxylation is 1. The molecule has 0 radical (unpaired) electrons. The van der Waals surface area contributed by atoms with E-state index in [9.17, 15) is 14.7 Å². The normalized spacial score (nSPS) is 11.6. The summed E-state index contributed by atoms with van der Waals surface area (Å²) in [7, 11) is 6.02. The van der Waals surface area contributed by atoms with Gasteiger partial charge < -0.3 is 24.1 Å². The lowest BCUT2D eigenvalue weighted by Crippen LogP contribution is -2.14. The lowest BCUT2D eigenvalue weighted by atomic mass is 9.88. The minimum absolute atomic E-state index is 0.0182. The zero-order chi connectivity index (χ0) is 27.4. The van der Waals surface area contributed by atoms with Crippen molar-refractivity contribution >= 4 is 40.1 Å². The first-order valence-electron chi connectivity index (χ1n) is 11.5. The fourth-order valence-corrected chi connectivity index (χ4v) is 4.80. The van der Waals surface area contributed by atoms with Gasteiger partial charge in [-0.3, -0.25) is 4.79 Å². The van der Waals surface area contributed by atoms with Gasteiger partial charge in [0.05, 0.1) is 45.7 Å². The van der Waals surface area contributed by atoms with E-state index in [1.54, 1.807) is 55.6 Å². The summed E-state index contributed by atoms with van der Waals surface area (Å²) in [5.74, 6) is 0.117. The molecule has 0 saturated carbocycles. The van der Waals surface area contributed by atoms with E-state index in [1.165, 1.54) is 21.3 Å². The number of carboxylic acid groups (broad SMARTS) is 1. The molecule has 0 spiro atoms. The Kier molecular flexibility index (Phi) is 7.92. The number of carbonyl (C=O) groups is 2. The van der Waals surface area contributed by atoms with E-state index in [0.717, 1.165) is 17.3 Å². The SMILES string of the molecule is COc1ccc(C(=O)/C(Cc2cc(OC)c(OC)c(OC)c2)=C(\C(=O)O)c2ccc3nsnc3c2)cc1C. The number of carbonyl (C=O) groups excluding carboxylic acids is 1.